The van der Waals surface area contributed by atoms with Crippen molar-refractivity contribution in [3.63, 3.8) is 0 Å². The maximum Gasteiger partial charge on any atom is 0.0362 e. The zero-order valence-corrected chi connectivity index (χ0v) is 10.9. The van der Waals surface area contributed by atoms with Crippen LogP contribution in [0, 0.1) is 19.8 Å². The largest absolute Gasteiger partial charge is 0.123 e. The van der Waals surface area contributed by atoms with Crippen molar-refractivity contribution in [3.8, 4) is 0 Å². The van der Waals surface area contributed by atoms with E-state index in [1.807, 2.05) is 0 Å². The van der Waals surface area contributed by atoms with Crippen LogP contribution in [0.4, 0.5) is 0 Å². The third-order valence-electron chi connectivity index (χ3n) is 3.05. The summed E-state index contributed by atoms with van der Waals surface area (Å²) in [6.45, 7) is 8.71. The minimum absolute atomic E-state index is 0.296. The highest BCUT2D eigenvalue weighted by atomic mass is 35.5. The standard InChI is InChI=1S/C14H21Cl/c1-5-14(15)12(4)9-13-8-10(2)6-7-11(13)3/h6-8,12,14H,5,9H2,1-4H3. The molecule has 0 saturated carbocycles. The summed E-state index contributed by atoms with van der Waals surface area (Å²) in [6.07, 6.45) is 2.14. The van der Waals surface area contributed by atoms with Gasteiger partial charge in [-0.15, -0.1) is 11.6 Å². The monoisotopic (exact) mass is 224 g/mol. The highest BCUT2D eigenvalue weighted by Crippen LogP contribution is 2.21. The van der Waals surface area contributed by atoms with Gasteiger partial charge >= 0.3 is 0 Å². The third-order valence-corrected chi connectivity index (χ3v) is 3.79. The van der Waals surface area contributed by atoms with Crippen LogP contribution in [0.25, 0.3) is 0 Å². The van der Waals surface area contributed by atoms with Gasteiger partial charge in [-0.3, -0.25) is 0 Å². The molecular weight excluding hydrogens is 204 g/mol. The predicted octanol–water partition coefficient (Wildman–Crippen LogP) is 4.50. The minimum atomic E-state index is 0.296. The quantitative estimate of drug-likeness (QED) is 0.661. The van der Waals surface area contributed by atoms with Crippen LogP contribution in [0.5, 0.6) is 0 Å². The van der Waals surface area contributed by atoms with Gasteiger partial charge in [0.25, 0.3) is 0 Å². The molecule has 0 heterocycles. The summed E-state index contributed by atoms with van der Waals surface area (Å²) in [5.41, 5.74) is 4.17. The molecule has 84 valence electrons. The van der Waals surface area contributed by atoms with E-state index in [-0.39, 0.29) is 0 Å². The molecule has 0 spiro atoms. The van der Waals surface area contributed by atoms with Gasteiger partial charge in [0.2, 0.25) is 0 Å². The lowest BCUT2D eigenvalue weighted by molar-refractivity contribution is 0.530. The number of alkyl halides is 1. The molecule has 0 aliphatic rings. The lowest BCUT2D eigenvalue weighted by Gasteiger charge is -2.17. The zero-order chi connectivity index (χ0) is 11.4. The van der Waals surface area contributed by atoms with E-state index in [1.165, 1.54) is 16.7 Å². The van der Waals surface area contributed by atoms with E-state index in [1.54, 1.807) is 0 Å². The first kappa shape index (κ1) is 12.6. The molecule has 2 atom stereocenters. The van der Waals surface area contributed by atoms with E-state index in [9.17, 15) is 0 Å². The van der Waals surface area contributed by atoms with Crippen molar-refractivity contribution < 1.29 is 0 Å². The van der Waals surface area contributed by atoms with Crippen LogP contribution < -0.4 is 0 Å². The first-order chi connectivity index (χ1) is 7.04. The lowest BCUT2D eigenvalue weighted by atomic mass is 9.93. The second kappa shape index (κ2) is 5.55. The Morgan fingerprint density at radius 2 is 1.93 bits per heavy atom. The Balaban J connectivity index is 2.75. The van der Waals surface area contributed by atoms with E-state index in [0.717, 1.165) is 12.8 Å². The Hall–Kier alpha value is -0.490. The van der Waals surface area contributed by atoms with Crippen LogP contribution in [-0.2, 0) is 6.42 Å². The summed E-state index contributed by atoms with van der Waals surface area (Å²) in [5, 5.41) is 0.296. The first-order valence-electron chi connectivity index (χ1n) is 5.74. The molecule has 0 bridgehead atoms. The molecule has 2 unspecified atom stereocenters. The average Bonchev–Trinajstić information content (AvgIpc) is 2.22. The maximum absolute atomic E-state index is 6.26. The van der Waals surface area contributed by atoms with Crippen LogP contribution in [0.2, 0.25) is 0 Å². The summed E-state index contributed by atoms with van der Waals surface area (Å²) < 4.78 is 0. The van der Waals surface area contributed by atoms with Crippen molar-refractivity contribution in [2.45, 2.75) is 45.9 Å². The molecule has 0 fully saturated rings. The SMILES string of the molecule is CCC(Cl)C(C)Cc1cc(C)ccc1C. The van der Waals surface area contributed by atoms with Crippen LogP contribution in [0.15, 0.2) is 18.2 Å². The summed E-state index contributed by atoms with van der Waals surface area (Å²) in [6, 6.07) is 6.65. The van der Waals surface area contributed by atoms with Gasteiger partial charge in [0.05, 0.1) is 0 Å². The highest BCUT2D eigenvalue weighted by Gasteiger charge is 2.13. The van der Waals surface area contributed by atoms with Gasteiger partial charge in [-0.05, 0) is 43.7 Å². The molecule has 1 heteroatoms. The molecule has 0 radical (unpaired) electrons. The summed E-state index contributed by atoms with van der Waals surface area (Å²) in [4.78, 5) is 0. The second-order valence-electron chi connectivity index (χ2n) is 4.54. The van der Waals surface area contributed by atoms with E-state index >= 15 is 0 Å². The fourth-order valence-electron chi connectivity index (χ4n) is 1.90. The van der Waals surface area contributed by atoms with E-state index in [2.05, 4.69) is 45.9 Å². The van der Waals surface area contributed by atoms with Gasteiger partial charge in [-0.25, -0.2) is 0 Å². The van der Waals surface area contributed by atoms with Crippen molar-refractivity contribution in [3.05, 3.63) is 34.9 Å². The molecule has 0 saturated heterocycles. The normalized spacial score (nSPS) is 15.0. The van der Waals surface area contributed by atoms with Gasteiger partial charge in [0, 0.05) is 5.38 Å². The summed E-state index contributed by atoms with van der Waals surface area (Å²) in [7, 11) is 0. The van der Waals surface area contributed by atoms with Crippen molar-refractivity contribution in [1.29, 1.82) is 0 Å². The average molecular weight is 225 g/mol. The van der Waals surface area contributed by atoms with Crippen molar-refractivity contribution in [1.82, 2.24) is 0 Å². The Morgan fingerprint density at radius 3 is 2.53 bits per heavy atom. The molecule has 1 rings (SSSR count). The molecule has 0 amide bonds. The molecule has 0 N–H and O–H groups in total. The van der Waals surface area contributed by atoms with Gasteiger partial charge < -0.3 is 0 Å². The molecule has 1 aromatic rings. The van der Waals surface area contributed by atoms with E-state index < -0.39 is 0 Å². The molecule has 1 aromatic carbocycles. The van der Waals surface area contributed by atoms with Crippen LogP contribution in [-0.4, -0.2) is 5.38 Å². The maximum atomic E-state index is 6.26. The van der Waals surface area contributed by atoms with E-state index in [0.29, 0.717) is 11.3 Å². The Kier molecular flexibility index (Phi) is 4.66. The van der Waals surface area contributed by atoms with Crippen LogP contribution in [0.3, 0.4) is 0 Å². The second-order valence-corrected chi connectivity index (χ2v) is 5.10. The summed E-state index contributed by atoms with van der Waals surface area (Å²) >= 11 is 6.26. The smallest absolute Gasteiger partial charge is 0.0362 e. The number of halogens is 1. The van der Waals surface area contributed by atoms with Crippen molar-refractivity contribution in [2.24, 2.45) is 5.92 Å². The number of hydrogen-bond donors (Lipinski definition) is 0. The summed E-state index contributed by atoms with van der Waals surface area (Å²) in [5.74, 6) is 0.553. The fraction of sp³-hybridized carbons (Fsp3) is 0.571. The third kappa shape index (κ3) is 3.53. The fourth-order valence-corrected chi connectivity index (χ4v) is 1.99. The number of aryl methyl sites for hydroxylation is 2. The molecule has 0 nitrogen and oxygen atoms in total. The van der Waals surface area contributed by atoms with Gasteiger partial charge in [0.1, 0.15) is 0 Å². The molecular formula is C14H21Cl. The molecule has 0 aromatic heterocycles. The Morgan fingerprint density at radius 1 is 1.27 bits per heavy atom. The lowest BCUT2D eigenvalue weighted by Crippen LogP contribution is -2.13. The number of rotatable bonds is 4. The number of benzene rings is 1. The van der Waals surface area contributed by atoms with Gasteiger partial charge in [0.15, 0.2) is 0 Å². The molecule has 15 heavy (non-hydrogen) atoms. The molecule has 0 aliphatic heterocycles. The van der Waals surface area contributed by atoms with Crippen LogP contribution in [0.1, 0.15) is 37.0 Å². The van der Waals surface area contributed by atoms with Crippen molar-refractivity contribution in [2.75, 3.05) is 0 Å². The Bertz CT molecular complexity index is 317. The number of hydrogen-bond acceptors (Lipinski definition) is 0. The predicted molar refractivity (Wildman–Crippen MR) is 68.7 cm³/mol. The van der Waals surface area contributed by atoms with Crippen LogP contribution >= 0.6 is 11.6 Å². The minimum Gasteiger partial charge on any atom is -0.123 e. The van der Waals surface area contributed by atoms with Crippen molar-refractivity contribution >= 4 is 11.6 Å². The Labute approximate surface area is 98.7 Å². The topological polar surface area (TPSA) is 0 Å². The van der Waals surface area contributed by atoms with Gasteiger partial charge in [-0.2, -0.15) is 0 Å². The van der Waals surface area contributed by atoms with Gasteiger partial charge in [-0.1, -0.05) is 37.6 Å². The van der Waals surface area contributed by atoms with E-state index in [4.69, 9.17) is 11.6 Å². The highest BCUT2D eigenvalue weighted by molar-refractivity contribution is 6.20. The first-order valence-corrected chi connectivity index (χ1v) is 6.18. The zero-order valence-electron chi connectivity index (χ0n) is 10.2. The molecule has 0 aliphatic carbocycles.